The standard InChI is InChI=1S/C9H15N3O3S/c1-3-4-5-12-9(15)11(6-7(13)14)8(10-2)16-12/h3-6H2,1-2H3,(H,13,14). The molecule has 0 spiro atoms. The molecule has 0 aliphatic carbocycles. The van der Waals surface area contributed by atoms with Crippen molar-refractivity contribution in [2.45, 2.75) is 32.9 Å². The van der Waals surface area contributed by atoms with E-state index >= 15 is 0 Å². The summed E-state index contributed by atoms with van der Waals surface area (Å²) in [6.07, 6.45) is 1.89. The Morgan fingerprint density at radius 2 is 2.25 bits per heavy atom. The lowest BCUT2D eigenvalue weighted by Gasteiger charge is -1.96. The minimum Gasteiger partial charge on any atom is -0.480 e. The van der Waals surface area contributed by atoms with E-state index in [1.165, 1.54) is 16.1 Å². The second-order valence-electron chi connectivity index (χ2n) is 3.32. The fraction of sp³-hybridized carbons (Fsp3) is 0.667. The number of unbranched alkanes of at least 4 members (excludes halogenated alkanes) is 1. The van der Waals surface area contributed by atoms with Crippen LogP contribution in [0.25, 0.3) is 0 Å². The summed E-state index contributed by atoms with van der Waals surface area (Å²) in [6, 6.07) is 0. The molecule has 1 aromatic heterocycles. The Morgan fingerprint density at radius 3 is 2.75 bits per heavy atom. The van der Waals surface area contributed by atoms with Crippen LogP contribution < -0.4 is 10.5 Å². The summed E-state index contributed by atoms with van der Waals surface area (Å²) in [5.41, 5.74) is -0.290. The van der Waals surface area contributed by atoms with E-state index in [2.05, 4.69) is 4.99 Å². The number of nitrogens with zero attached hydrogens (tertiary/aromatic N) is 3. The van der Waals surface area contributed by atoms with Crippen LogP contribution in [0.15, 0.2) is 9.79 Å². The molecule has 6 nitrogen and oxygen atoms in total. The Kier molecular flexibility index (Phi) is 4.48. The van der Waals surface area contributed by atoms with Crippen molar-refractivity contribution in [1.29, 1.82) is 0 Å². The van der Waals surface area contributed by atoms with E-state index in [1.807, 2.05) is 6.92 Å². The van der Waals surface area contributed by atoms with Gasteiger partial charge in [0.05, 0.1) is 0 Å². The molecule has 0 radical (unpaired) electrons. The van der Waals surface area contributed by atoms with Crippen molar-refractivity contribution in [1.82, 2.24) is 8.52 Å². The largest absolute Gasteiger partial charge is 0.480 e. The summed E-state index contributed by atoms with van der Waals surface area (Å²) in [7, 11) is 1.55. The Bertz CT molecular complexity index is 483. The van der Waals surface area contributed by atoms with Crippen LogP contribution in [0.4, 0.5) is 0 Å². The summed E-state index contributed by atoms with van der Waals surface area (Å²) in [6.45, 7) is 2.32. The number of aliphatic carboxylic acids is 1. The first kappa shape index (κ1) is 12.7. The predicted molar refractivity (Wildman–Crippen MR) is 60.6 cm³/mol. The quantitative estimate of drug-likeness (QED) is 0.801. The lowest BCUT2D eigenvalue weighted by molar-refractivity contribution is -0.137. The first-order valence-corrected chi connectivity index (χ1v) is 5.83. The zero-order valence-corrected chi connectivity index (χ0v) is 10.2. The molecule has 7 heteroatoms. The Balaban J connectivity index is 3.12. The van der Waals surface area contributed by atoms with Gasteiger partial charge in [-0.15, -0.1) is 0 Å². The SMILES string of the molecule is CCCCn1sc(=NC)n(CC(=O)O)c1=O. The Morgan fingerprint density at radius 1 is 1.56 bits per heavy atom. The van der Waals surface area contributed by atoms with Gasteiger partial charge in [0.1, 0.15) is 6.54 Å². The van der Waals surface area contributed by atoms with Gasteiger partial charge in [-0.25, -0.2) is 8.75 Å². The Hall–Kier alpha value is -1.37. The normalized spacial score (nSPS) is 12.0. The number of carboxylic acid groups (broad SMARTS) is 1. The van der Waals surface area contributed by atoms with Crippen molar-refractivity contribution < 1.29 is 9.90 Å². The van der Waals surface area contributed by atoms with E-state index in [0.29, 0.717) is 11.3 Å². The predicted octanol–water partition coefficient (Wildman–Crippen LogP) is 0.127. The van der Waals surface area contributed by atoms with Gasteiger partial charge in [0.15, 0.2) is 0 Å². The van der Waals surface area contributed by atoms with Gasteiger partial charge in [-0.05, 0) is 18.0 Å². The maximum atomic E-state index is 11.8. The first-order chi connectivity index (χ1) is 7.60. The number of carbonyl (C=O) groups is 1. The molecule has 1 heterocycles. The summed E-state index contributed by atoms with van der Waals surface area (Å²) < 4.78 is 2.73. The summed E-state index contributed by atoms with van der Waals surface area (Å²) in [5.74, 6) is -1.03. The van der Waals surface area contributed by atoms with Crippen molar-refractivity contribution in [2.75, 3.05) is 7.05 Å². The molecule has 1 rings (SSSR count). The molecule has 0 aliphatic heterocycles. The summed E-state index contributed by atoms with van der Waals surface area (Å²) in [4.78, 5) is 26.8. The van der Waals surface area contributed by atoms with Gasteiger partial charge in [-0.1, -0.05) is 13.3 Å². The van der Waals surface area contributed by atoms with E-state index in [9.17, 15) is 9.59 Å². The molecule has 0 amide bonds. The maximum absolute atomic E-state index is 11.8. The summed E-state index contributed by atoms with van der Waals surface area (Å²) in [5, 5.41) is 8.69. The number of rotatable bonds is 5. The highest BCUT2D eigenvalue weighted by molar-refractivity contribution is 7.03. The molecule has 0 atom stereocenters. The molecule has 0 bridgehead atoms. The van der Waals surface area contributed by atoms with Crippen LogP contribution in [0.1, 0.15) is 19.8 Å². The van der Waals surface area contributed by atoms with Crippen molar-refractivity contribution in [3.05, 3.63) is 15.3 Å². The van der Waals surface area contributed by atoms with Crippen LogP contribution in [0.5, 0.6) is 0 Å². The molecule has 0 fully saturated rings. The van der Waals surface area contributed by atoms with Gasteiger partial charge in [0.2, 0.25) is 4.80 Å². The molecule has 0 saturated carbocycles. The van der Waals surface area contributed by atoms with Gasteiger partial charge in [-0.3, -0.25) is 14.4 Å². The third-order valence-corrected chi connectivity index (χ3v) is 3.19. The number of hydrogen-bond donors (Lipinski definition) is 1. The lowest BCUT2D eigenvalue weighted by Crippen LogP contribution is -2.32. The number of aromatic nitrogens is 2. The Labute approximate surface area is 96.6 Å². The van der Waals surface area contributed by atoms with Crippen molar-refractivity contribution in [3.63, 3.8) is 0 Å². The molecule has 90 valence electrons. The average molecular weight is 245 g/mol. The molecule has 0 aliphatic rings. The van der Waals surface area contributed by atoms with Crippen LogP contribution in [-0.4, -0.2) is 26.6 Å². The zero-order valence-electron chi connectivity index (χ0n) is 9.34. The molecule has 0 saturated heterocycles. The van der Waals surface area contributed by atoms with Crippen molar-refractivity contribution in [3.8, 4) is 0 Å². The van der Waals surface area contributed by atoms with E-state index in [-0.39, 0.29) is 12.2 Å². The number of carboxylic acids is 1. The van der Waals surface area contributed by atoms with Gasteiger partial charge in [-0.2, -0.15) is 0 Å². The topological polar surface area (TPSA) is 76.6 Å². The second kappa shape index (κ2) is 5.64. The van der Waals surface area contributed by atoms with Crippen LogP contribution in [0.3, 0.4) is 0 Å². The third-order valence-electron chi connectivity index (χ3n) is 2.07. The van der Waals surface area contributed by atoms with Crippen molar-refractivity contribution >= 4 is 17.5 Å². The molecule has 16 heavy (non-hydrogen) atoms. The van der Waals surface area contributed by atoms with Crippen LogP contribution in [0.2, 0.25) is 0 Å². The van der Waals surface area contributed by atoms with Gasteiger partial charge in [0.25, 0.3) is 0 Å². The average Bonchev–Trinajstić information content (AvgIpc) is 2.53. The molecule has 1 aromatic rings. The van der Waals surface area contributed by atoms with Crippen LogP contribution in [0, 0.1) is 0 Å². The van der Waals surface area contributed by atoms with Gasteiger partial charge < -0.3 is 5.11 Å². The van der Waals surface area contributed by atoms with Crippen LogP contribution >= 0.6 is 11.5 Å². The van der Waals surface area contributed by atoms with Crippen LogP contribution in [-0.2, 0) is 17.9 Å². The minimum atomic E-state index is -1.03. The maximum Gasteiger partial charge on any atom is 0.340 e. The molecular weight excluding hydrogens is 230 g/mol. The zero-order chi connectivity index (χ0) is 12.1. The second-order valence-corrected chi connectivity index (χ2v) is 4.30. The van der Waals surface area contributed by atoms with Gasteiger partial charge >= 0.3 is 11.7 Å². The smallest absolute Gasteiger partial charge is 0.340 e. The third kappa shape index (κ3) is 2.82. The van der Waals surface area contributed by atoms with E-state index in [1.54, 1.807) is 11.0 Å². The van der Waals surface area contributed by atoms with E-state index in [0.717, 1.165) is 12.8 Å². The molecular formula is C9H15N3O3S. The van der Waals surface area contributed by atoms with Gasteiger partial charge in [0, 0.05) is 13.6 Å². The highest BCUT2D eigenvalue weighted by Crippen LogP contribution is 1.94. The molecule has 1 N–H and O–H groups in total. The summed E-state index contributed by atoms with van der Waals surface area (Å²) >= 11 is 1.21. The fourth-order valence-electron chi connectivity index (χ4n) is 1.28. The molecule has 0 aromatic carbocycles. The first-order valence-electron chi connectivity index (χ1n) is 5.05. The highest BCUT2D eigenvalue weighted by Gasteiger charge is 2.10. The fourth-order valence-corrected chi connectivity index (χ4v) is 2.20. The van der Waals surface area contributed by atoms with E-state index in [4.69, 9.17) is 5.11 Å². The number of aryl methyl sites for hydroxylation is 1. The van der Waals surface area contributed by atoms with E-state index < -0.39 is 5.97 Å². The highest BCUT2D eigenvalue weighted by atomic mass is 32.1. The minimum absolute atomic E-state index is 0.290. The lowest BCUT2D eigenvalue weighted by atomic mass is 10.3. The number of hydrogen-bond acceptors (Lipinski definition) is 4. The molecule has 0 unspecified atom stereocenters. The van der Waals surface area contributed by atoms with Crippen molar-refractivity contribution in [2.24, 2.45) is 4.99 Å². The monoisotopic (exact) mass is 245 g/mol.